The summed E-state index contributed by atoms with van der Waals surface area (Å²) in [6.45, 7) is 4.68. The van der Waals surface area contributed by atoms with Gasteiger partial charge in [0.05, 0.1) is 25.1 Å². The van der Waals surface area contributed by atoms with Crippen molar-refractivity contribution in [1.82, 2.24) is 15.0 Å². The van der Waals surface area contributed by atoms with Crippen molar-refractivity contribution in [3.63, 3.8) is 0 Å². The lowest BCUT2D eigenvalue weighted by atomic mass is 10.2. The second-order valence-corrected chi connectivity index (χ2v) is 7.81. The maximum atomic E-state index is 9.39. The molecule has 1 aromatic heterocycles. The summed E-state index contributed by atoms with van der Waals surface area (Å²) in [4.78, 5) is 15.6. The van der Waals surface area contributed by atoms with Crippen LogP contribution in [0.5, 0.6) is 5.75 Å². The molecule has 4 rings (SSSR count). The van der Waals surface area contributed by atoms with Gasteiger partial charge in [0.2, 0.25) is 17.8 Å². The summed E-state index contributed by atoms with van der Waals surface area (Å²) < 4.78 is 6.35. The van der Waals surface area contributed by atoms with Gasteiger partial charge >= 0.3 is 0 Å². The average molecular weight is 484 g/mol. The van der Waals surface area contributed by atoms with Crippen LogP contribution in [-0.2, 0) is 4.74 Å². The first-order valence-corrected chi connectivity index (χ1v) is 10.6. The van der Waals surface area contributed by atoms with E-state index in [0.717, 1.165) is 21.3 Å². The number of phenolic OH excluding ortho intramolecular Hbond substituents is 1. The molecule has 0 amide bonds. The molecule has 3 aromatic rings. The molecule has 3 N–H and O–H groups in total. The van der Waals surface area contributed by atoms with E-state index in [1.807, 2.05) is 25.1 Å². The van der Waals surface area contributed by atoms with E-state index in [-0.39, 0.29) is 5.75 Å². The fourth-order valence-electron chi connectivity index (χ4n) is 2.94. The number of aryl methyl sites for hydroxylation is 1. The SMILES string of the molecule is Cc1ccc(Nc2nc(N/N=C/c3ccc(O)cc3)nc(N3CCOCC3)n2)c(Br)c1. The van der Waals surface area contributed by atoms with Gasteiger partial charge in [0.1, 0.15) is 5.75 Å². The maximum absolute atomic E-state index is 9.39. The predicted octanol–water partition coefficient (Wildman–Crippen LogP) is 3.67. The molecule has 1 fully saturated rings. The molecule has 0 spiro atoms. The zero-order valence-electron chi connectivity index (χ0n) is 16.9. The molecule has 2 aromatic carbocycles. The van der Waals surface area contributed by atoms with E-state index in [9.17, 15) is 5.11 Å². The van der Waals surface area contributed by atoms with Gasteiger partial charge in [-0.3, -0.25) is 0 Å². The summed E-state index contributed by atoms with van der Waals surface area (Å²) in [5.74, 6) is 1.47. The molecular formula is C21H22BrN7O2. The van der Waals surface area contributed by atoms with Gasteiger partial charge in [-0.15, -0.1) is 0 Å². The van der Waals surface area contributed by atoms with Crippen molar-refractivity contribution in [2.75, 3.05) is 41.9 Å². The van der Waals surface area contributed by atoms with Crippen LogP contribution in [0.2, 0.25) is 0 Å². The molecule has 0 atom stereocenters. The van der Waals surface area contributed by atoms with E-state index in [0.29, 0.717) is 44.1 Å². The number of morpholine rings is 1. The van der Waals surface area contributed by atoms with Crippen LogP contribution in [-0.4, -0.2) is 52.6 Å². The predicted molar refractivity (Wildman–Crippen MR) is 124 cm³/mol. The van der Waals surface area contributed by atoms with Gasteiger partial charge < -0.3 is 20.1 Å². The molecule has 0 unspecified atom stereocenters. The van der Waals surface area contributed by atoms with Crippen molar-refractivity contribution in [3.8, 4) is 5.75 Å². The Hall–Kier alpha value is -3.24. The van der Waals surface area contributed by atoms with E-state index in [1.54, 1.807) is 30.5 Å². The lowest BCUT2D eigenvalue weighted by molar-refractivity contribution is 0.122. The van der Waals surface area contributed by atoms with Crippen LogP contribution < -0.4 is 15.6 Å². The Morgan fingerprint density at radius 3 is 2.55 bits per heavy atom. The molecular weight excluding hydrogens is 462 g/mol. The number of hydrogen-bond acceptors (Lipinski definition) is 9. The molecule has 0 saturated carbocycles. The molecule has 2 heterocycles. The fraction of sp³-hybridized carbons (Fsp3) is 0.238. The van der Waals surface area contributed by atoms with Crippen LogP contribution in [0.15, 0.2) is 52.0 Å². The first kappa shape index (κ1) is 21.0. The van der Waals surface area contributed by atoms with Gasteiger partial charge in [0.15, 0.2) is 0 Å². The van der Waals surface area contributed by atoms with E-state index >= 15 is 0 Å². The van der Waals surface area contributed by atoms with Gasteiger partial charge in [-0.1, -0.05) is 6.07 Å². The molecule has 31 heavy (non-hydrogen) atoms. The Morgan fingerprint density at radius 2 is 1.81 bits per heavy atom. The van der Waals surface area contributed by atoms with E-state index < -0.39 is 0 Å². The fourth-order valence-corrected chi connectivity index (χ4v) is 3.53. The minimum absolute atomic E-state index is 0.204. The largest absolute Gasteiger partial charge is 0.508 e. The summed E-state index contributed by atoms with van der Waals surface area (Å²) in [6.07, 6.45) is 1.63. The third-order valence-corrected chi connectivity index (χ3v) is 5.22. The number of benzene rings is 2. The highest BCUT2D eigenvalue weighted by Crippen LogP contribution is 2.26. The molecule has 1 aliphatic rings. The van der Waals surface area contributed by atoms with Crippen LogP contribution in [0.4, 0.5) is 23.5 Å². The molecule has 0 radical (unpaired) electrons. The third kappa shape index (κ3) is 5.68. The average Bonchev–Trinajstić information content (AvgIpc) is 2.78. The van der Waals surface area contributed by atoms with Crippen molar-refractivity contribution in [1.29, 1.82) is 0 Å². The molecule has 160 valence electrons. The molecule has 10 heteroatoms. The monoisotopic (exact) mass is 483 g/mol. The molecule has 0 bridgehead atoms. The van der Waals surface area contributed by atoms with E-state index in [2.05, 4.69) is 51.6 Å². The number of aromatic hydroxyl groups is 1. The summed E-state index contributed by atoms with van der Waals surface area (Å²) in [5, 5.41) is 16.9. The van der Waals surface area contributed by atoms with Crippen LogP contribution in [0.3, 0.4) is 0 Å². The zero-order valence-corrected chi connectivity index (χ0v) is 18.5. The Balaban J connectivity index is 1.58. The number of hydrogen-bond donors (Lipinski definition) is 3. The number of nitrogens with one attached hydrogen (secondary N) is 2. The Morgan fingerprint density at radius 1 is 1.06 bits per heavy atom. The number of halogens is 1. The second kappa shape index (κ2) is 9.71. The van der Waals surface area contributed by atoms with E-state index in [1.165, 1.54) is 0 Å². The second-order valence-electron chi connectivity index (χ2n) is 6.95. The van der Waals surface area contributed by atoms with Crippen molar-refractivity contribution in [2.24, 2.45) is 5.10 Å². The maximum Gasteiger partial charge on any atom is 0.250 e. The first-order chi connectivity index (χ1) is 15.1. The lowest BCUT2D eigenvalue weighted by Crippen LogP contribution is -2.37. The molecule has 1 saturated heterocycles. The standard InChI is InChI=1S/C21H22BrN7O2/c1-14-2-7-18(17(22)12-14)24-19-25-20(27-21(26-19)29-8-10-31-11-9-29)28-23-13-15-3-5-16(30)6-4-15/h2-7,12-13,30H,8-11H2,1H3,(H2,24,25,26,27,28)/b23-13+. The zero-order chi connectivity index (χ0) is 21.6. The van der Waals surface area contributed by atoms with Crippen molar-refractivity contribution in [2.45, 2.75) is 6.92 Å². The van der Waals surface area contributed by atoms with Gasteiger partial charge in [0.25, 0.3) is 0 Å². The highest BCUT2D eigenvalue weighted by atomic mass is 79.9. The quantitative estimate of drug-likeness (QED) is 0.360. The lowest BCUT2D eigenvalue weighted by Gasteiger charge is -2.27. The van der Waals surface area contributed by atoms with Crippen LogP contribution in [0, 0.1) is 6.92 Å². The van der Waals surface area contributed by atoms with Crippen LogP contribution in [0.1, 0.15) is 11.1 Å². The van der Waals surface area contributed by atoms with Crippen molar-refractivity contribution < 1.29 is 9.84 Å². The number of rotatable bonds is 6. The van der Waals surface area contributed by atoms with Gasteiger partial charge in [0, 0.05) is 17.6 Å². The first-order valence-electron chi connectivity index (χ1n) is 9.77. The number of ether oxygens (including phenoxy) is 1. The summed E-state index contributed by atoms with van der Waals surface area (Å²) in [5.41, 5.74) is 5.70. The topological polar surface area (TPSA) is 108 Å². The molecule has 0 aliphatic carbocycles. The highest BCUT2D eigenvalue weighted by molar-refractivity contribution is 9.10. The van der Waals surface area contributed by atoms with Crippen LogP contribution >= 0.6 is 15.9 Å². The minimum Gasteiger partial charge on any atom is -0.508 e. The summed E-state index contributed by atoms with van der Waals surface area (Å²) >= 11 is 3.57. The van der Waals surface area contributed by atoms with Crippen molar-refractivity contribution >= 4 is 45.7 Å². The normalized spacial score (nSPS) is 14.1. The summed E-state index contributed by atoms with van der Waals surface area (Å²) in [7, 11) is 0. The minimum atomic E-state index is 0.204. The number of hydrazone groups is 1. The van der Waals surface area contributed by atoms with Crippen LogP contribution in [0.25, 0.3) is 0 Å². The molecule has 1 aliphatic heterocycles. The third-order valence-electron chi connectivity index (χ3n) is 4.56. The Labute approximate surface area is 188 Å². The smallest absolute Gasteiger partial charge is 0.250 e. The number of aromatic nitrogens is 3. The molecule has 9 nitrogen and oxygen atoms in total. The Kier molecular flexibility index (Phi) is 6.58. The number of anilines is 4. The van der Waals surface area contributed by atoms with Gasteiger partial charge in [-0.05, 0) is 70.4 Å². The van der Waals surface area contributed by atoms with Gasteiger partial charge in [-0.25, -0.2) is 5.43 Å². The summed E-state index contributed by atoms with van der Waals surface area (Å²) in [6, 6.07) is 12.7. The van der Waals surface area contributed by atoms with E-state index in [4.69, 9.17) is 4.74 Å². The Bertz CT molecular complexity index is 1070. The number of phenols is 1. The number of nitrogens with zero attached hydrogens (tertiary/aromatic N) is 5. The van der Waals surface area contributed by atoms with Crippen molar-refractivity contribution in [3.05, 3.63) is 58.1 Å². The van der Waals surface area contributed by atoms with Gasteiger partial charge in [-0.2, -0.15) is 20.1 Å². The highest BCUT2D eigenvalue weighted by Gasteiger charge is 2.17.